The summed E-state index contributed by atoms with van der Waals surface area (Å²) in [6, 6.07) is 6.22. The van der Waals surface area contributed by atoms with Crippen LogP contribution in [0.15, 0.2) is 18.2 Å². The normalized spacial score (nSPS) is 20.0. The van der Waals surface area contributed by atoms with Crippen molar-refractivity contribution in [2.75, 3.05) is 0 Å². The fraction of sp³-hybridized carbons (Fsp3) is 0.579. The number of hydrogen-bond acceptors (Lipinski definition) is 2. The number of carbonyl (C=O) groups excluding carboxylic acids is 1. The number of Topliss-reactive ketones (excluding diaryl/α,β-unsaturated/α-hetero) is 1. The summed E-state index contributed by atoms with van der Waals surface area (Å²) in [7, 11) is 0. The quantitative estimate of drug-likeness (QED) is 0.859. The highest BCUT2D eigenvalue weighted by molar-refractivity contribution is 5.98. The monoisotopic (exact) mass is 302 g/mol. The van der Waals surface area contributed by atoms with Crippen LogP contribution in [0.2, 0.25) is 0 Å². The first-order valence-corrected chi connectivity index (χ1v) is 7.94. The third-order valence-corrected chi connectivity index (χ3v) is 5.15. The molecule has 120 valence electrons. The number of ketones is 1. The summed E-state index contributed by atoms with van der Waals surface area (Å²) in [4.78, 5) is 23.0. The predicted octanol–water partition coefficient (Wildman–Crippen LogP) is 3.87. The molecular formula is C19H26O3. The number of fused-ring (bicyclic) bond motifs is 1. The van der Waals surface area contributed by atoms with E-state index in [4.69, 9.17) is 5.11 Å². The first-order chi connectivity index (χ1) is 10.0. The summed E-state index contributed by atoms with van der Waals surface area (Å²) in [5.74, 6) is -2.23. The Labute approximate surface area is 132 Å². The van der Waals surface area contributed by atoms with Crippen molar-refractivity contribution >= 4 is 11.8 Å². The highest BCUT2D eigenvalue weighted by atomic mass is 16.4. The molecule has 1 atom stereocenters. The molecule has 1 unspecified atom stereocenters. The van der Waals surface area contributed by atoms with Crippen LogP contribution in [0.1, 0.15) is 64.2 Å². The van der Waals surface area contributed by atoms with Crippen LogP contribution in [-0.2, 0) is 26.8 Å². The Balaban J connectivity index is 2.35. The summed E-state index contributed by atoms with van der Waals surface area (Å²) < 4.78 is 0. The lowest BCUT2D eigenvalue weighted by Gasteiger charge is -2.42. The molecule has 0 bridgehead atoms. The maximum Gasteiger partial charge on any atom is 0.313 e. The van der Waals surface area contributed by atoms with Gasteiger partial charge in [0.25, 0.3) is 0 Å². The first kappa shape index (κ1) is 16.7. The van der Waals surface area contributed by atoms with Gasteiger partial charge in [0, 0.05) is 6.42 Å². The van der Waals surface area contributed by atoms with E-state index in [1.165, 1.54) is 18.1 Å². The Morgan fingerprint density at radius 3 is 2.18 bits per heavy atom. The number of hydrogen-bond donors (Lipinski definition) is 1. The Kier molecular flexibility index (Phi) is 4.20. The lowest BCUT2D eigenvalue weighted by molar-refractivity contribution is -0.145. The molecule has 0 aromatic heterocycles. The van der Waals surface area contributed by atoms with Gasteiger partial charge >= 0.3 is 5.97 Å². The molecule has 0 saturated carbocycles. The molecule has 0 aliphatic heterocycles. The van der Waals surface area contributed by atoms with Crippen LogP contribution in [0.3, 0.4) is 0 Å². The Hall–Kier alpha value is -1.64. The molecule has 1 N–H and O–H groups in total. The molecule has 0 radical (unpaired) electrons. The zero-order chi connectivity index (χ0) is 16.7. The minimum Gasteiger partial charge on any atom is -0.481 e. The van der Waals surface area contributed by atoms with Crippen LogP contribution in [0.5, 0.6) is 0 Å². The van der Waals surface area contributed by atoms with E-state index in [0.29, 0.717) is 0 Å². The van der Waals surface area contributed by atoms with E-state index < -0.39 is 11.9 Å². The maximum absolute atomic E-state index is 12.0. The van der Waals surface area contributed by atoms with Gasteiger partial charge in [-0.15, -0.1) is 0 Å². The van der Waals surface area contributed by atoms with Gasteiger partial charge in [0.15, 0.2) is 5.78 Å². The summed E-state index contributed by atoms with van der Waals surface area (Å²) in [5, 5.41) is 8.95. The summed E-state index contributed by atoms with van der Waals surface area (Å²) in [6.07, 6.45) is 2.47. The molecule has 0 amide bonds. The van der Waals surface area contributed by atoms with Gasteiger partial charge in [-0.3, -0.25) is 9.59 Å². The van der Waals surface area contributed by atoms with Crippen molar-refractivity contribution in [2.45, 2.75) is 64.7 Å². The largest absolute Gasteiger partial charge is 0.481 e. The van der Waals surface area contributed by atoms with Crippen molar-refractivity contribution in [1.29, 1.82) is 0 Å². The Morgan fingerprint density at radius 1 is 1.09 bits per heavy atom. The molecule has 3 nitrogen and oxygen atoms in total. The average molecular weight is 302 g/mol. The molecule has 1 aromatic rings. The second-order valence-electron chi connectivity index (χ2n) is 7.85. The molecule has 2 rings (SSSR count). The van der Waals surface area contributed by atoms with Crippen LogP contribution >= 0.6 is 0 Å². The summed E-state index contributed by atoms with van der Waals surface area (Å²) in [5.41, 5.74) is 3.83. The van der Waals surface area contributed by atoms with Gasteiger partial charge in [-0.05, 0) is 47.3 Å². The fourth-order valence-corrected chi connectivity index (χ4v) is 3.24. The van der Waals surface area contributed by atoms with Crippen LogP contribution < -0.4 is 0 Å². The van der Waals surface area contributed by atoms with Crippen LogP contribution in [0.25, 0.3) is 0 Å². The van der Waals surface area contributed by atoms with Crippen molar-refractivity contribution in [1.82, 2.24) is 0 Å². The van der Waals surface area contributed by atoms with Gasteiger partial charge in [0.05, 0.1) is 0 Å². The zero-order valence-corrected chi connectivity index (χ0v) is 14.2. The van der Waals surface area contributed by atoms with E-state index in [-0.39, 0.29) is 23.0 Å². The maximum atomic E-state index is 12.0. The predicted molar refractivity (Wildman–Crippen MR) is 87.2 cm³/mol. The highest BCUT2D eigenvalue weighted by Gasteiger charge is 2.37. The molecule has 0 heterocycles. The third kappa shape index (κ3) is 3.08. The number of aliphatic carboxylic acids is 1. The van der Waals surface area contributed by atoms with Gasteiger partial charge in [0.1, 0.15) is 5.92 Å². The number of benzene rings is 1. The average Bonchev–Trinajstić information content (AvgIpc) is 2.43. The van der Waals surface area contributed by atoms with Crippen molar-refractivity contribution in [3.63, 3.8) is 0 Å². The molecular weight excluding hydrogens is 276 g/mol. The zero-order valence-electron chi connectivity index (χ0n) is 14.2. The third-order valence-electron chi connectivity index (χ3n) is 5.15. The van der Waals surface area contributed by atoms with Crippen molar-refractivity contribution in [3.8, 4) is 0 Å². The van der Waals surface area contributed by atoms with E-state index in [0.717, 1.165) is 18.4 Å². The highest BCUT2D eigenvalue weighted by Crippen LogP contribution is 2.45. The number of carboxylic acids is 1. The van der Waals surface area contributed by atoms with Gasteiger partial charge in [0.2, 0.25) is 0 Å². The van der Waals surface area contributed by atoms with Crippen molar-refractivity contribution < 1.29 is 14.7 Å². The van der Waals surface area contributed by atoms with Gasteiger partial charge < -0.3 is 5.11 Å². The lowest BCUT2D eigenvalue weighted by Crippen LogP contribution is -2.34. The molecule has 1 aliphatic rings. The molecule has 1 aliphatic carbocycles. The van der Waals surface area contributed by atoms with E-state index in [9.17, 15) is 9.59 Å². The van der Waals surface area contributed by atoms with Crippen molar-refractivity contribution in [2.24, 2.45) is 5.92 Å². The van der Waals surface area contributed by atoms with E-state index in [2.05, 4.69) is 39.8 Å². The minimum atomic E-state index is -1.05. The standard InChI is InChI=1S/C19H26O3/c1-12(17(21)22)16(20)11-13-6-7-14-15(10-13)19(4,5)9-8-18(14,2)3/h6-7,10,12H,8-9,11H2,1-5H3,(H,21,22). The molecule has 0 fully saturated rings. The molecule has 0 saturated heterocycles. The minimum absolute atomic E-state index is 0.0995. The summed E-state index contributed by atoms with van der Waals surface area (Å²) >= 11 is 0. The fourth-order valence-electron chi connectivity index (χ4n) is 3.24. The molecule has 3 heteroatoms. The van der Waals surface area contributed by atoms with Crippen LogP contribution in [0.4, 0.5) is 0 Å². The molecule has 1 aromatic carbocycles. The van der Waals surface area contributed by atoms with Crippen molar-refractivity contribution in [3.05, 3.63) is 34.9 Å². The van der Waals surface area contributed by atoms with Gasteiger partial charge in [-0.1, -0.05) is 45.9 Å². The second-order valence-corrected chi connectivity index (χ2v) is 7.85. The smallest absolute Gasteiger partial charge is 0.313 e. The van der Waals surface area contributed by atoms with Crippen LogP contribution in [0, 0.1) is 5.92 Å². The number of carbonyl (C=O) groups is 2. The number of rotatable bonds is 4. The SMILES string of the molecule is CC(C(=O)O)C(=O)Cc1ccc2c(c1)C(C)(C)CCC2(C)C. The number of carboxylic acid groups (broad SMARTS) is 1. The van der Waals surface area contributed by atoms with Gasteiger partial charge in [-0.2, -0.15) is 0 Å². The van der Waals surface area contributed by atoms with E-state index in [1.54, 1.807) is 0 Å². The van der Waals surface area contributed by atoms with E-state index >= 15 is 0 Å². The van der Waals surface area contributed by atoms with Gasteiger partial charge in [-0.25, -0.2) is 0 Å². The second kappa shape index (κ2) is 5.53. The first-order valence-electron chi connectivity index (χ1n) is 7.94. The van der Waals surface area contributed by atoms with E-state index in [1.807, 2.05) is 6.07 Å². The Morgan fingerprint density at radius 2 is 1.64 bits per heavy atom. The topological polar surface area (TPSA) is 54.4 Å². The molecule has 0 spiro atoms. The summed E-state index contributed by atoms with van der Waals surface area (Å²) in [6.45, 7) is 10.5. The molecule has 22 heavy (non-hydrogen) atoms. The lowest BCUT2D eigenvalue weighted by atomic mass is 9.63. The van der Waals surface area contributed by atoms with Crippen LogP contribution in [-0.4, -0.2) is 16.9 Å². The Bertz CT molecular complexity index is 611.